The summed E-state index contributed by atoms with van der Waals surface area (Å²) < 4.78 is 54.4. The van der Waals surface area contributed by atoms with E-state index >= 15 is 0 Å². The Balaban J connectivity index is 1.14. The first kappa shape index (κ1) is 34.4. The van der Waals surface area contributed by atoms with Crippen molar-refractivity contribution < 1.29 is 61.8 Å². The predicted octanol–water partition coefficient (Wildman–Crippen LogP) is -1.31. The Morgan fingerprint density at radius 3 is 2.47 bits per heavy atom. The fraction of sp³-hybridized carbons (Fsp3) is 0.792. The van der Waals surface area contributed by atoms with Crippen molar-refractivity contribution in [1.82, 2.24) is 19.5 Å². The zero-order valence-electron chi connectivity index (χ0n) is 25.0. The summed E-state index contributed by atoms with van der Waals surface area (Å²) in [5, 5.41) is 20.3. The van der Waals surface area contributed by atoms with Crippen LogP contribution in [0, 0.1) is 0 Å². The minimum absolute atomic E-state index is 0.0183. The Bertz CT molecular complexity index is 1690. The lowest BCUT2D eigenvalue weighted by Gasteiger charge is -2.34. The van der Waals surface area contributed by atoms with Gasteiger partial charge in [-0.3, -0.25) is 23.4 Å². The molecule has 19 nitrogen and oxygen atoms in total. The number of aliphatic hydroxyl groups is 2. The number of aliphatic hydroxyl groups excluding tert-OH is 2. The van der Waals surface area contributed by atoms with E-state index < -0.39 is 92.4 Å². The second-order valence-corrected chi connectivity index (χ2v) is 17.9. The van der Waals surface area contributed by atoms with E-state index in [1.54, 1.807) is 13.8 Å². The van der Waals surface area contributed by atoms with Crippen molar-refractivity contribution >= 4 is 54.2 Å². The van der Waals surface area contributed by atoms with Crippen LogP contribution in [0.25, 0.3) is 11.2 Å². The van der Waals surface area contributed by atoms with Gasteiger partial charge in [-0.25, -0.2) is 4.98 Å². The van der Waals surface area contributed by atoms with Crippen molar-refractivity contribution in [1.29, 1.82) is 0 Å². The molecule has 0 radical (unpaired) electrons. The van der Waals surface area contributed by atoms with Gasteiger partial charge in [-0.15, -0.1) is 0 Å². The molecule has 4 bridgehead atoms. The summed E-state index contributed by atoms with van der Waals surface area (Å²) in [4.78, 5) is 45.5. The highest BCUT2D eigenvalue weighted by Gasteiger charge is 2.66. The summed E-state index contributed by atoms with van der Waals surface area (Å²) in [6.07, 6.45) is -5.21. The summed E-state index contributed by atoms with van der Waals surface area (Å²) in [6, 6.07) is 0. The van der Waals surface area contributed by atoms with Gasteiger partial charge in [-0.1, -0.05) is 0 Å². The molecule has 0 saturated carbocycles. The topological polar surface area (TPSA) is 254 Å². The highest BCUT2D eigenvalue weighted by atomic mass is 32.5. The van der Waals surface area contributed by atoms with Crippen molar-refractivity contribution in [2.75, 3.05) is 38.8 Å². The van der Waals surface area contributed by atoms with Gasteiger partial charge in [0.2, 0.25) is 5.95 Å². The molecule has 23 heteroatoms. The Kier molecular flexibility index (Phi) is 9.00. The molecule has 5 aliphatic rings. The molecule has 13 atom stereocenters. The molecule has 7 heterocycles. The smallest absolute Gasteiger partial charge is 0.325 e. The molecule has 2 aromatic rings. The number of hydrogen-bond donors (Lipinski definition) is 6. The summed E-state index contributed by atoms with van der Waals surface area (Å²) in [5.41, 5.74) is 2.50. The number of nitrogen functional groups attached to an aromatic ring is 1. The molecule has 7 rings (SSSR count). The molecule has 4 unspecified atom stereocenters. The zero-order valence-corrected chi connectivity index (χ0v) is 28.4. The van der Waals surface area contributed by atoms with Crippen LogP contribution in [0.4, 0.5) is 5.95 Å². The molecule has 0 aromatic carbocycles. The van der Waals surface area contributed by atoms with Crippen molar-refractivity contribution in [3.63, 3.8) is 0 Å². The predicted molar refractivity (Wildman–Crippen MR) is 165 cm³/mol. The number of H-pyrrole nitrogens is 1. The number of aromatic nitrogens is 4. The van der Waals surface area contributed by atoms with Crippen LogP contribution in [-0.4, -0.2) is 133 Å². The maximum absolute atomic E-state index is 12.5. The van der Waals surface area contributed by atoms with Crippen LogP contribution in [-0.2, 0) is 65.4 Å². The highest BCUT2D eigenvalue weighted by molar-refractivity contribution is 8.07. The number of fused-ring (bicyclic) bond motifs is 5. The molecular weight excluding hydrogens is 708 g/mol. The van der Waals surface area contributed by atoms with Gasteiger partial charge in [0, 0.05) is 6.42 Å². The van der Waals surface area contributed by atoms with Crippen LogP contribution >= 0.6 is 13.4 Å². The van der Waals surface area contributed by atoms with Crippen LogP contribution in [0.3, 0.4) is 0 Å². The van der Waals surface area contributed by atoms with Crippen LogP contribution in [0.15, 0.2) is 11.1 Å². The molecular formula is C24H35N5O14P2S2. The van der Waals surface area contributed by atoms with Crippen LogP contribution in [0.1, 0.15) is 26.5 Å². The summed E-state index contributed by atoms with van der Waals surface area (Å²) in [6.45, 7) is -5.86. The van der Waals surface area contributed by atoms with Crippen LogP contribution in [0.5, 0.6) is 0 Å². The van der Waals surface area contributed by atoms with E-state index in [0.29, 0.717) is 6.42 Å². The van der Waals surface area contributed by atoms with Gasteiger partial charge < -0.3 is 58.5 Å². The first-order valence-corrected chi connectivity index (χ1v) is 19.9. The maximum Gasteiger partial charge on any atom is 0.325 e. The summed E-state index contributed by atoms with van der Waals surface area (Å²) >= 11 is 10.7. The van der Waals surface area contributed by atoms with E-state index in [9.17, 15) is 24.8 Å². The third kappa shape index (κ3) is 6.16. The van der Waals surface area contributed by atoms with Gasteiger partial charge in [0.15, 0.2) is 17.4 Å². The largest absolute Gasteiger partial charge is 0.393 e. The van der Waals surface area contributed by atoms with Crippen molar-refractivity contribution in [3.8, 4) is 0 Å². The van der Waals surface area contributed by atoms with Gasteiger partial charge in [-0.2, -0.15) is 4.98 Å². The average molecular weight is 744 g/mol. The molecule has 262 valence electrons. The fourth-order valence-corrected chi connectivity index (χ4v) is 9.69. The fourth-order valence-electron chi connectivity index (χ4n) is 6.75. The molecule has 7 N–H and O–H groups in total. The van der Waals surface area contributed by atoms with Crippen LogP contribution in [0.2, 0.25) is 0 Å². The second kappa shape index (κ2) is 12.3. The van der Waals surface area contributed by atoms with E-state index in [1.807, 2.05) is 0 Å². The SMILES string of the molecule is C[C@@H]1O[C@@]2(CO)COC1[C@H]2OP(O)(=S)OC[C@@]12COC([C@H](n3cnc4c(=O)[nH]c(N)nc43)O1)[C@H]2OP(O)(=S)OC[C@H]1O[C@@H](C)C[C@H]1O. The van der Waals surface area contributed by atoms with Crippen LogP contribution < -0.4 is 11.3 Å². The second-order valence-electron chi connectivity index (χ2n) is 12.3. The number of nitrogens with two attached hydrogens (primary N) is 1. The van der Waals surface area contributed by atoms with E-state index in [1.165, 1.54) is 10.9 Å². The van der Waals surface area contributed by atoms with Crippen molar-refractivity contribution in [2.24, 2.45) is 0 Å². The number of rotatable bonds is 12. The molecule has 0 aliphatic carbocycles. The quantitative estimate of drug-likeness (QED) is 0.138. The zero-order chi connectivity index (χ0) is 33.5. The third-order valence-corrected chi connectivity index (χ3v) is 12.0. The average Bonchev–Trinajstić information content (AvgIpc) is 3.82. The number of aromatic amines is 1. The molecule has 0 spiro atoms. The summed E-state index contributed by atoms with van der Waals surface area (Å²) in [7, 11) is 0. The lowest BCUT2D eigenvalue weighted by atomic mass is 10.0. The maximum atomic E-state index is 12.5. The molecule has 5 aliphatic heterocycles. The first-order valence-electron chi connectivity index (χ1n) is 14.7. The minimum atomic E-state index is -4.08. The molecule has 5 saturated heterocycles. The van der Waals surface area contributed by atoms with E-state index in [2.05, 4.69) is 15.0 Å². The molecule has 2 aromatic heterocycles. The van der Waals surface area contributed by atoms with Crippen molar-refractivity contribution in [2.45, 2.75) is 86.5 Å². The number of nitrogens with zero attached hydrogens (tertiary/aromatic N) is 3. The summed E-state index contributed by atoms with van der Waals surface area (Å²) in [5.74, 6) is -0.161. The van der Waals surface area contributed by atoms with Gasteiger partial charge in [0.1, 0.15) is 41.7 Å². The Hall–Kier alpha value is -1.07. The number of nitrogens with one attached hydrogen (secondary N) is 1. The van der Waals surface area contributed by atoms with Gasteiger partial charge in [0.05, 0.1) is 57.7 Å². The molecule has 5 fully saturated rings. The first-order chi connectivity index (χ1) is 22.1. The van der Waals surface area contributed by atoms with Gasteiger partial charge in [-0.05, 0) is 37.5 Å². The monoisotopic (exact) mass is 743 g/mol. The highest BCUT2D eigenvalue weighted by Crippen LogP contribution is 2.58. The number of imidazole rings is 1. The number of ether oxygens (including phenoxy) is 5. The number of hydrogen-bond acceptors (Lipinski definition) is 17. The van der Waals surface area contributed by atoms with E-state index in [0.717, 1.165) is 0 Å². The Morgan fingerprint density at radius 2 is 1.79 bits per heavy atom. The van der Waals surface area contributed by atoms with Crippen molar-refractivity contribution in [3.05, 3.63) is 16.7 Å². The van der Waals surface area contributed by atoms with E-state index in [-0.39, 0.29) is 43.0 Å². The van der Waals surface area contributed by atoms with E-state index in [4.69, 9.17) is 71.1 Å². The normalized spacial score (nSPS) is 42.0. The molecule has 0 amide bonds. The third-order valence-electron chi connectivity index (χ3n) is 8.96. The standard InChI is InChI=1S/C24H35N5O14P2S2/c1-10-3-12(31)13(39-10)4-37-44(33,46)43-18-16-21(29-9-26-14-19(29)27-22(25)28-20(14)32)41-24(18,7-36-16)8-38-45(34,47)42-17-15-11(2)40-23(17,5-30)6-35-15/h9-13,15-18,21,30-31H,3-8H2,1-2H3,(H,33,46)(H,34,47)(H3,25,27,28,32)/t10-,11-,12+,13+,15?,16?,17+,18+,21+,23-,24+,44?,45?/m0/s1. The van der Waals surface area contributed by atoms with Gasteiger partial charge in [0.25, 0.3) is 5.56 Å². The minimum Gasteiger partial charge on any atom is -0.393 e. The lowest BCUT2D eigenvalue weighted by molar-refractivity contribution is -0.183. The Morgan fingerprint density at radius 1 is 1.11 bits per heavy atom. The number of anilines is 1. The molecule has 47 heavy (non-hydrogen) atoms. The lowest BCUT2D eigenvalue weighted by Crippen LogP contribution is -2.46. The van der Waals surface area contributed by atoms with Gasteiger partial charge >= 0.3 is 13.4 Å². The Labute approximate surface area is 277 Å².